The number of hydrogen-bond donors (Lipinski definition) is 1. The summed E-state index contributed by atoms with van der Waals surface area (Å²) in [4.78, 5) is 19.2. The third kappa shape index (κ3) is 2.52. The highest BCUT2D eigenvalue weighted by Crippen LogP contribution is 2.31. The lowest BCUT2D eigenvalue weighted by molar-refractivity contribution is 0.0996. The second kappa shape index (κ2) is 5.94. The van der Waals surface area contributed by atoms with Gasteiger partial charge >= 0.3 is 0 Å². The second-order valence-electron chi connectivity index (χ2n) is 6.79. The summed E-state index contributed by atoms with van der Waals surface area (Å²) in [5, 5.41) is 8.18. The number of fused-ring (bicyclic) bond motifs is 1. The van der Waals surface area contributed by atoms with Crippen molar-refractivity contribution in [2.45, 2.75) is 33.4 Å². The molecule has 0 bridgehead atoms. The maximum Gasteiger partial charge on any atom is 0.260 e. The van der Waals surface area contributed by atoms with Crippen LogP contribution in [-0.4, -0.2) is 25.7 Å². The van der Waals surface area contributed by atoms with Crippen LogP contribution in [0.15, 0.2) is 36.7 Å². The molecule has 0 saturated carbocycles. The van der Waals surface area contributed by atoms with Gasteiger partial charge in [-0.05, 0) is 50.1 Å². The molecule has 0 fully saturated rings. The van der Waals surface area contributed by atoms with Crippen LogP contribution in [0.2, 0.25) is 0 Å². The molecule has 0 atom stereocenters. The largest absolute Gasteiger partial charge is 0.398 e. The number of nitrogen functional groups attached to an aromatic ring is 1. The summed E-state index contributed by atoms with van der Waals surface area (Å²) in [6.45, 7) is 6.55. The van der Waals surface area contributed by atoms with E-state index < -0.39 is 0 Å². The lowest BCUT2D eigenvalue weighted by atomic mass is 10.1. The molecule has 0 radical (unpaired) electrons. The standard InChI is InChI=1S/C19H20N6O/c1-11(2)25-10-21-23-18(25)16-5-4-6-17(22-16)24-9-13-7-12(3)15(20)8-14(13)19(24)26/h4-8,10-11H,9,20H2,1-3H3. The molecule has 132 valence electrons. The van der Waals surface area contributed by atoms with Gasteiger partial charge in [-0.1, -0.05) is 12.1 Å². The Labute approximate surface area is 151 Å². The average Bonchev–Trinajstić information content (AvgIpc) is 3.22. The molecule has 26 heavy (non-hydrogen) atoms. The van der Waals surface area contributed by atoms with Gasteiger partial charge in [-0.15, -0.1) is 10.2 Å². The van der Waals surface area contributed by atoms with Crippen LogP contribution in [-0.2, 0) is 6.54 Å². The number of anilines is 2. The van der Waals surface area contributed by atoms with E-state index in [1.165, 1.54) is 0 Å². The summed E-state index contributed by atoms with van der Waals surface area (Å²) in [5.41, 5.74) is 9.88. The minimum Gasteiger partial charge on any atom is -0.398 e. The highest BCUT2D eigenvalue weighted by Gasteiger charge is 2.30. The third-order valence-corrected chi connectivity index (χ3v) is 4.67. The van der Waals surface area contributed by atoms with Crippen molar-refractivity contribution in [2.75, 3.05) is 10.6 Å². The van der Waals surface area contributed by atoms with Gasteiger partial charge in [-0.3, -0.25) is 9.69 Å². The summed E-state index contributed by atoms with van der Waals surface area (Å²) < 4.78 is 1.96. The minimum absolute atomic E-state index is 0.0818. The number of nitrogens with zero attached hydrogens (tertiary/aromatic N) is 5. The average molecular weight is 348 g/mol. The Morgan fingerprint density at radius 2 is 2.04 bits per heavy atom. The predicted molar refractivity (Wildman–Crippen MR) is 99.7 cm³/mol. The Bertz CT molecular complexity index is 1010. The first-order chi connectivity index (χ1) is 12.5. The summed E-state index contributed by atoms with van der Waals surface area (Å²) in [5.74, 6) is 1.20. The van der Waals surface area contributed by atoms with Crippen molar-refractivity contribution in [3.8, 4) is 11.5 Å². The van der Waals surface area contributed by atoms with Crippen LogP contribution in [0.4, 0.5) is 11.5 Å². The van der Waals surface area contributed by atoms with E-state index in [0.29, 0.717) is 35.1 Å². The van der Waals surface area contributed by atoms with Crippen LogP contribution < -0.4 is 10.6 Å². The number of pyridine rings is 1. The molecular formula is C19H20N6O. The monoisotopic (exact) mass is 348 g/mol. The van der Waals surface area contributed by atoms with Crippen LogP contribution in [0.1, 0.15) is 41.4 Å². The van der Waals surface area contributed by atoms with Crippen molar-refractivity contribution in [3.05, 3.63) is 53.3 Å². The highest BCUT2D eigenvalue weighted by atomic mass is 16.2. The Balaban J connectivity index is 1.72. The molecule has 3 heterocycles. The first-order valence-electron chi connectivity index (χ1n) is 8.53. The smallest absolute Gasteiger partial charge is 0.260 e. The molecule has 1 aliphatic rings. The predicted octanol–water partition coefficient (Wildman–Crippen LogP) is 2.97. The first kappa shape index (κ1) is 16.3. The number of amides is 1. The summed E-state index contributed by atoms with van der Waals surface area (Å²) in [7, 11) is 0. The number of carbonyl (C=O) groups excluding carboxylic acids is 1. The van der Waals surface area contributed by atoms with Gasteiger partial charge < -0.3 is 10.3 Å². The van der Waals surface area contributed by atoms with E-state index in [-0.39, 0.29) is 11.9 Å². The SMILES string of the molecule is Cc1cc2c(cc1N)C(=O)N(c1cccc(-c3nncn3C(C)C)n1)C2. The Kier molecular flexibility index (Phi) is 3.72. The van der Waals surface area contributed by atoms with Crippen LogP contribution in [0, 0.1) is 6.92 Å². The van der Waals surface area contributed by atoms with Crippen LogP contribution in [0.5, 0.6) is 0 Å². The molecule has 3 aromatic rings. The molecular weight excluding hydrogens is 328 g/mol. The zero-order chi connectivity index (χ0) is 18.4. The Hall–Kier alpha value is -3.22. The molecule has 1 aliphatic heterocycles. The van der Waals surface area contributed by atoms with E-state index in [2.05, 4.69) is 29.0 Å². The number of rotatable bonds is 3. The molecule has 0 spiro atoms. The lowest BCUT2D eigenvalue weighted by Gasteiger charge is -2.16. The van der Waals surface area contributed by atoms with Crippen molar-refractivity contribution < 1.29 is 4.79 Å². The van der Waals surface area contributed by atoms with Crippen LogP contribution in [0.25, 0.3) is 11.5 Å². The van der Waals surface area contributed by atoms with Crippen LogP contribution >= 0.6 is 0 Å². The van der Waals surface area contributed by atoms with E-state index in [0.717, 1.165) is 11.1 Å². The maximum atomic E-state index is 12.8. The van der Waals surface area contributed by atoms with Gasteiger partial charge in [-0.25, -0.2) is 4.98 Å². The van der Waals surface area contributed by atoms with E-state index in [4.69, 9.17) is 5.73 Å². The fourth-order valence-corrected chi connectivity index (χ4v) is 3.19. The van der Waals surface area contributed by atoms with Gasteiger partial charge in [0.05, 0.1) is 6.54 Å². The van der Waals surface area contributed by atoms with E-state index in [9.17, 15) is 4.79 Å². The number of aryl methyl sites for hydroxylation is 1. The number of benzene rings is 1. The summed E-state index contributed by atoms with van der Waals surface area (Å²) in [6.07, 6.45) is 1.69. The number of aromatic nitrogens is 4. The fraction of sp³-hybridized carbons (Fsp3) is 0.263. The fourth-order valence-electron chi connectivity index (χ4n) is 3.19. The lowest BCUT2D eigenvalue weighted by Crippen LogP contribution is -2.24. The molecule has 7 nitrogen and oxygen atoms in total. The Morgan fingerprint density at radius 1 is 1.23 bits per heavy atom. The zero-order valence-electron chi connectivity index (χ0n) is 15.0. The van der Waals surface area contributed by atoms with Gasteiger partial charge in [0.25, 0.3) is 5.91 Å². The molecule has 7 heteroatoms. The van der Waals surface area contributed by atoms with Crippen LogP contribution in [0.3, 0.4) is 0 Å². The topological polar surface area (TPSA) is 89.9 Å². The van der Waals surface area contributed by atoms with E-state index in [1.54, 1.807) is 17.3 Å². The van der Waals surface area contributed by atoms with Crippen molar-refractivity contribution in [2.24, 2.45) is 0 Å². The molecule has 1 aromatic carbocycles. The number of nitrogens with two attached hydrogens (primary N) is 1. The van der Waals surface area contributed by atoms with Gasteiger partial charge in [0.15, 0.2) is 5.82 Å². The van der Waals surface area contributed by atoms with Crippen molar-refractivity contribution in [1.29, 1.82) is 0 Å². The molecule has 0 unspecified atom stereocenters. The van der Waals surface area contributed by atoms with E-state index >= 15 is 0 Å². The quantitative estimate of drug-likeness (QED) is 0.735. The van der Waals surface area contributed by atoms with Gasteiger partial charge in [0, 0.05) is 17.3 Å². The number of carbonyl (C=O) groups is 1. The first-order valence-corrected chi connectivity index (χ1v) is 8.53. The Morgan fingerprint density at radius 3 is 2.81 bits per heavy atom. The second-order valence-corrected chi connectivity index (χ2v) is 6.79. The maximum absolute atomic E-state index is 12.8. The summed E-state index contributed by atoms with van der Waals surface area (Å²) in [6, 6.07) is 9.54. The van der Waals surface area contributed by atoms with Crippen molar-refractivity contribution >= 4 is 17.4 Å². The molecule has 2 aromatic heterocycles. The van der Waals surface area contributed by atoms with Gasteiger partial charge in [-0.2, -0.15) is 0 Å². The van der Waals surface area contributed by atoms with Gasteiger partial charge in [0.1, 0.15) is 17.8 Å². The molecule has 0 saturated heterocycles. The highest BCUT2D eigenvalue weighted by molar-refractivity contribution is 6.10. The zero-order valence-corrected chi connectivity index (χ0v) is 15.0. The number of hydrogen-bond acceptors (Lipinski definition) is 5. The minimum atomic E-state index is -0.0818. The molecule has 4 rings (SSSR count). The normalized spacial score (nSPS) is 13.5. The summed E-state index contributed by atoms with van der Waals surface area (Å²) >= 11 is 0. The van der Waals surface area contributed by atoms with Crippen molar-refractivity contribution in [3.63, 3.8) is 0 Å². The van der Waals surface area contributed by atoms with E-state index in [1.807, 2.05) is 35.8 Å². The molecule has 2 N–H and O–H groups in total. The van der Waals surface area contributed by atoms with Gasteiger partial charge in [0.2, 0.25) is 0 Å². The molecule has 0 aliphatic carbocycles. The van der Waals surface area contributed by atoms with Crippen molar-refractivity contribution in [1.82, 2.24) is 19.7 Å². The third-order valence-electron chi connectivity index (χ3n) is 4.67. The molecule has 1 amide bonds.